The molecule has 0 spiro atoms. The average molecular weight is 276 g/mol. The highest BCUT2D eigenvalue weighted by molar-refractivity contribution is 7.98. The molecule has 0 aliphatic rings. The number of likely N-dealkylation sites (N-methyl/N-ethyl adjacent to an activating group) is 1. The summed E-state index contributed by atoms with van der Waals surface area (Å²) in [5, 5.41) is 3.30. The molecule has 5 heteroatoms. The van der Waals surface area contributed by atoms with Crippen LogP contribution in [0.15, 0.2) is 0 Å². The van der Waals surface area contributed by atoms with Crippen molar-refractivity contribution in [1.82, 2.24) is 10.2 Å². The molecule has 0 radical (unpaired) electrons. The van der Waals surface area contributed by atoms with Gasteiger partial charge in [0.25, 0.3) is 0 Å². The molecule has 0 aromatic rings. The number of hydrogen-bond donors (Lipinski definition) is 1. The van der Waals surface area contributed by atoms with E-state index in [-0.39, 0.29) is 12.0 Å². The van der Waals surface area contributed by atoms with Crippen LogP contribution in [-0.4, -0.2) is 62.2 Å². The van der Waals surface area contributed by atoms with Crippen molar-refractivity contribution in [2.24, 2.45) is 0 Å². The van der Waals surface area contributed by atoms with E-state index in [1.165, 1.54) is 7.11 Å². The summed E-state index contributed by atoms with van der Waals surface area (Å²) in [7, 11) is 1.45. The first kappa shape index (κ1) is 17.7. The highest BCUT2D eigenvalue weighted by Crippen LogP contribution is 2.04. The number of nitrogens with zero attached hydrogens (tertiary/aromatic N) is 1. The van der Waals surface area contributed by atoms with Gasteiger partial charge in [0.05, 0.1) is 7.11 Å². The van der Waals surface area contributed by atoms with Crippen molar-refractivity contribution in [3.63, 3.8) is 0 Å². The first-order chi connectivity index (χ1) is 8.69. The molecular formula is C13H28N2O2S. The molecule has 18 heavy (non-hydrogen) atoms. The Kier molecular flexibility index (Phi) is 11.6. The first-order valence-corrected chi connectivity index (χ1v) is 8.11. The Morgan fingerprint density at radius 3 is 2.56 bits per heavy atom. The zero-order chi connectivity index (χ0) is 13.8. The number of ether oxygens (including phenoxy) is 1. The second-order valence-electron chi connectivity index (χ2n) is 4.19. The van der Waals surface area contributed by atoms with Gasteiger partial charge in [0.2, 0.25) is 0 Å². The van der Waals surface area contributed by atoms with Crippen LogP contribution in [-0.2, 0) is 9.53 Å². The number of nitrogens with one attached hydrogen (secondary N) is 1. The molecular weight excluding hydrogens is 248 g/mol. The minimum Gasteiger partial charge on any atom is -0.468 e. The summed E-state index contributed by atoms with van der Waals surface area (Å²) in [6, 6.07) is -0.155. The van der Waals surface area contributed by atoms with Crippen molar-refractivity contribution in [3.05, 3.63) is 0 Å². The number of carbonyl (C=O) groups is 1. The van der Waals surface area contributed by atoms with E-state index in [0.717, 1.165) is 44.8 Å². The number of carbonyl (C=O) groups excluding carboxylic acids is 1. The molecule has 0 saturated carbocycles. The summed E-state index contributed by atoms with van der Waals surface area (Å²) < 4.78 is 4.83. The topological polar surface area (TPSA) is 41.6 Å². The number of rotatable bonds is 11. The van der Waals surface area contributed by atoms with Gasteiger partial charge < -0.3 is 15.0 Å². The lowest BCUT2D eigenvalue weighted by Gasteiger charge is -2.21. The van der Waals surface area contributed by atoms with Crippen LogP contribution in [0.3, 0.4) is 0 Å². The van der Waals surface area contributed by atoms with E-state index in [2.05, 4.69) is 30.3 Å². The first-order valence-electron chi connectivity index (χ1n) is 6.72. The van der Waals surface area contributed by atoms with Crippen molar-refractivity contribution in [1.29, 1.82) is 0 Å². The Bertz CT molecular complexity index is 211. The van der Waals surface area contributed by atoms with Gasteiger partial charge in [0.1, 0.15) is 6.04 Å². The second kappa shape index (κ2) is 11.8. The van der Waals surface area contributed by atoms with Crippen LogP contribution < -0.4 is 5.32 Å². The monoisotopic (exact) mass is 276 g/mol. The lowest BCUT2D eigenvalue weighted by molar-refractivity contribution is -0.143. The molecule has 0 fully saturated rings. The molecule has 4 nitrogen and oxygen atoms in total. The van der Waals surface area contributed by atoms with Crippen molar-refractivity contribution >= 4 is 17.7 Å². The zero-order valence-corrected chi connectivity index (χ0v) is 13.0. The summed E-state index contributed by atoms with van der Waals surface area (Å²) in [6.07, 6.45) is 3.98. The maximum Gasteiger partial charge on any atom is 0.322 e. The molecule has 0 rings (SSSR count). The smallest absolute Gasteiger partial charge is 0.322 e. The number of hydrogen-bond acceptors (Lipinski definition) is 5. The molecule has 0 amide bonds. The summed E-state index contributed by atoms with van der Waals surface area (Å²) in [4.78, 5) is 14.0. The Hall–Kier alpha value is -0.260. The zero-order valence-electron chi connectivity index (χ0n) is 12.2. The maximum absolute atomic E-state index is 11.6. The Morgan fingerprint density at radius 1 is 1.39 bits per heavy atom. The summed E-state index contributed by atoms with van der Waals surface area (Å²) in [5.74, 6) is 0.946. The third-order valence-electron chi connectivity index (χ3n) is 3.04. The Labute approximate surface area is 116 Å². The summed E-state index contributed by atoms with van der Waals surface area (Å²) >= 11 is 1.81. The normalized spacial score (nSPS) is 12.7. The van der Waals surface area contributed by atoms with Crippen molar-refractivity contribution in [2.45, 2.75) is 32.7 Å². The second-order valence-corrected chi connectivity index (χ2v) is 5.18. The standard InChI is InChI=1S/C13H28N2O2S/c1-5-15(6-2)10-9-14-12(13(16)17-3)8-7-11-18-4/h12,14H,5-11H2,1-4H3. The van der Waals surface area contributed by atoms with Crippen molar-refractivity contribution in [3.8, 4) is 0 Å². The predicted molar refractivity (Wildman–Crippen MR) is 79.2 cm³/mol. The van der Waals surface area contributed by atoms with Crippen LogP contribution in [0.5, 0.6) is 0 Å². The van der Waals surface area contributed by atoms with Crippen LogP contribution in [0.1, 0.15) is 26.7 Å². The van der Waals surface area contributed by atoms with Gasteiger partial charge in [-0.1, -0.05) is 13.8 Å². The van der Waals surface area contributed by atoms with Gasteiger partial charge in [0, 0.05) is 13.1 Å². The molecule has 1 atom stereocenters. The highest BCUT2D eigenvalue weighted by atomic mass is 32.2. The molecule has 0 aliphatic heterocycles. The van der Waals surface area contributed by atoms with E-state index in [0.29, 0.717) is 0 Å². The van der Waals surface area contributed by atoms with E-state index >= 15 is 0 Å². The van der Waals surface area contributed by atoms with Crippen LogP contribution in [0.25, 0.3) is 0 Å². The van der Waals surface area contributed by atoms with Crippen molar-refractivity contribution < 1.29 is 9.53 Å². The quantitative estimate of drug-likeness (QED) is 0.458. The van der Waals surface area contributed by atoms with E-state index in [1.54, 1.807) is 0 Å². The van der Waals surface area contributed by atoms with Gasteiger partial charge >= 0.3 is 5.97 Å². The average Bonchev–Trinajstić information content (AvgIpc) is 2.41. The van der Waals surface area contributed by atoms with Gasteiger partial charge in [0.15, 0.2) is 0 Å². The van der Waals surface area contributed by atoms with Crippen molar-refractivity contribution in [2.75, 3.05) is 45.3 Å². The van der Waals surface area contributed by atoms with Crippen LogP contribution in [0, 0.1) is 0 Å². The Balaban J connectivity index is 3.96. The highest BCUT2D eigenvalue weighted by Gasteiger charge is 2.17. The molecule has 1 unspecified atom stereocenters. The predicted octanol–water partition coefficient (Wildman–Crippen LogP) is 1.60. The largest absolute Gasteiger partial charge is 0.468 e. The van der Waals surface area contributed by atoms with Gasteiger partial charge in [-0.15, -0.1) is 0 Å². The molecule has 0 heterocycles. The van der Waals surface area contributed by atoms with Gasteiger partial charge in [-0.25, -0.2) is 0 Å². The lowest BCUT2D eigenvalue weighted by atomic mass is 10.1. The number of thioether (sulfide) groups is 1. The third-order valence-corrected chi connectivity index (χ3v) is 3.74. The summed E-state index contributed by atoms with van der Waals surface area (Å²) in [6.45, 7) is 8.21. The lowest BCUT2D eigenvalue weighted by Crippen LogP contribution is -2.42. The van der Waals surface area contributed by atoms with Crippen LogP contribution >= 0.6 is 11.8 Å². The number of methoxy groups -OCH3 is 1. The maximum atomic E-state index is 11.6. The van der Waals surface area contributed by atoms with Gasteiger partial charge in [-0.3, -0.25) is 4.79 Å². The van der Waals surface area contributed by atoms with E-state index in [9.17, 15) is 4.79 Å². The molecule has 0 saturated heterocycles. The molecule has 1 N–H and O–H groups in total. The summed E-state index contributed by atoms with van der Waals surface area (Å²) in [5.41, 5.74) is 0. The van der Waals surface area contributed by atoms with Gasteiger partial charge in [-0.2, -0.15) is 11.8 Å². The molecule has 0 bridgehead atoms. The Morgan fingerprint density at radius 2 is 2.06 bits per heavy atom. The fourth-order valence-corrected chi connectivity index (χ4v) is 2.27. The fraction of sp³-hybridized carbons (Fsp3) is 0.923. The van der Waals surface area contributed by atoms with Crippen LogP contribution in [0.2, 0.25) is 0 Å². The van der Waals surface area contributed by atoms with E-state index < -0.39 is 0 Å². The molecule has 0 aliphatic carbocycles. The van der Waals surface area contributed by atoms with E-state index in [1.807, 2.05) is 11.8 Å². The molecule has 0 aromatic heterocycles. The SMILES string of the molecule is CCN(CC)CCNC(CCCSC)C(=O)OC. The minimum atomic E-state index is -0.155. The third kappa shape index (κ3) is 7.95. The molecule has 0 aromatic carbocycles. The fourth-order valence-electron chi connectivity index (χ4n) is 1.81. The van der Waals surface area contributed by atoms with E-state index in [4.69, 9.17) is 4.74 Å². The van der Waals surface area contributed by atoms with Gasteiger partial charge in [-0.05, 0) is 37.9 Å². The molecule has 108 valence electrons. The van der Waals surface area contributed by atoms with Crippen LogP contribution in [0.4, 0.5) is 0 Å². The minimum absolute atomic E-state index is 0.143. The number of esters is 1.